The number of fused-ring (bicyclic) bond motifs is 1. The highest BCUT2D eigenvalue weighted by Gasteiger charge is 2.34. The summed E-state index contributed by atoms with van der Waals surface area (Å²) >= 11 is 4.90. The molecule has 1 aliphatic heterocycles. The third-order valence-corrected chi connectivity index (χ3v) is 5.62. The number of halogens is 1. The maximum absolute atomic E-state index is 12.4. The minimum atomic E-state index is -0.809. The number of amides is 1. The summed E-state index contributed by atoms with van der Waals surface area (Å²) in [5.74, 6) is -0.913. The van der Waals surface area contributed by atoms with E-state index in [1.807, 2.05) is 11.4 Å². The molecular weight excluding hydrogens is 398 g/mol. The molecule has 2 N–H and O–H groups in total. The SMILES string of the molecule is CC1(C)OCCn2c1nc(C(=O)NCc1ccsc1Br)c(O)c2=O. The van der Waals surface area contributed by atoms with E-state index in [2.05, 4.69) is 26.2 Å². The van der Waals surface area contributed by atoms with Crippen molar-refractivity contribution in [1.29, 1.82) is 0 Å². The van der Waals surface area contributed by atoms with Gasteiger partial charge in [-0.1, -0.05) is 0 Å². The van der Waals surface area contributed by atoms with Crippen molar-refractivity contribution in [2.45, 2.75) is 32.5 Å². The van der Waals surface area contributed by atoms with Crippen molar-refractivity contribution >= 4 is 33.2 Å². The van der Waals surface area contributed by atoms with E-state index in [1.54, 1.807) is 13.8 Å². The van der Waals surface area contributed by atoms with E-state index in [1.165, 1.54) is 15.9 Å². The monoisotopic (exact) mass is 413 g/mol. The molecule has 0 unspecified atom stereocenters. The van der Waals surface area contributed by atoms with Crippen LogP contribution in [-0.2, 0) is 23.4 Å². The summed E-state index contributed by atoms with van der Waals surface area (Å²) < 4.78 is 7.88. The van der Waals surface area contributed by atoms with E-state index in [0.29, 0.717) is 19.0 Å². The summed E-state index contributed by atoms with van der Waals surface area (Å²) in [6, 6.07) is 1.88. The quantitative estimate of drug-likeness (QED) is 0.801. The van der Waals surface area contributed by atoms with Gasteiger partial charge in [-0.25, -0.2) is 4.98 Å². The van der Waals surface area contributed by atoms with Crippen LogP contribution in [0.4, 0.5) is 0 Å². The van der Waals surface area contributed by atoms with Crippen LogP contribution in [0.3, 0.4) is 0 Å². The maximum Gasteiger partial charge on any atom is 0.296 e. The first-order valence-corrected chi connectivity index (χ1v) is 8.97. The van der Waals surface area contributed by atoms with Crippen molar-refractivity contribution in [3.63, 3.8) is 0 Å². The second-order valence-corrected chi connectivity index (χ2v) is 8.08. The molecule has 0 saturated heterocycles. The second-order valence-electron chi connectivity index (χ2n) is 5.85. The summed E-state index contributed by atoms with van der Waals surface area (Å²) in [6.07, 6.45) is 0. The van der Waals surface area contributed by atoms with Gasteiger partial charge in [0.2, 0.25) is 5.75 Å². The van der Waals surface area contributed by atoms with Gasteiger partial charge in [0.1, 0.15) is 11.4 Å². The summed E-state index contributed by atoms with van der Waals surface area (Å²) in [4.78, 5) is 28.9. The fraction of sp³-hybridized carbons (Fsp3) is 0.400. The number of thiophene rings is 1. The number of ether oxygens (including phenoxy) is 1. The first kappa shape index (κ1) is 17.1. The molecule has 128 valence electrons. The molecule has 24 heavy (non-hydrogen) atoms. The lowest BCUT2D eigenvalue weighted by Gasteiger charge is -2.32. The Morgan fingerprint density at radius 3 is 3.00 bits per heavy atom. The molecule has 7 nitrogen and oxygen atoms in total. The van der Waals surface area contributed by atoms with Crippen LogP contribution in [-0.4, -0.2) is 27.2 Å². The average Bonchev–Trinajstić information content (AvgIpc) is 2.93. The van der Waals surface area contributed by atoms with Crippen molar-refractivity contribution < 1.29 is 14.6 Å². The molecule has 0 bridgehead atoms. The Balaban J connectivity index is 1.93. The van der Waals surface area contributed by atoms with Crippen LogP contribution in [0, 0.1) is 0 Å². The van der Waals surface area contributed by atoms with Crippen molar-refractivity contribution in [1.82, 2.24) is 14.9 Å². The first-order chi connectivity index (χ1) is 11.3. The minimum absolute atomic E-state index is 0.266. The number of rotatable bonds is 3. The number of aromatic hydroxyl groups is 1. The summed E-state index contributed by atoms with van der Waals surface area (Å²) in [5, 5.41) is 14.7. The fourth-order valence-electron chi connectivity index (χ4n) is 2.53. The molecule has 1 aliphatic rings. The predicted octanol–water partition coefficient (Wildman–Crippen LogP) is 1.97. The molecule has 0 radical (unpaired) electrons. The number of nitrogens with one attached hydrogen (secondary N) is 1. The zero-order valence-corrected chi connectivity index (χ0v) is 15.5. The van der Waals surface area contributed by atoms with Crippen LogP contribution < -0.4 is 10.9 Å². The second kappa shape index (κ2) is 6.30. The summed E-state index contributed by atoms with van der Waals surface area (Å²) in [5.41, 5.74) is -0.808. The standard InChI is InChI=1S/C15H16BrN3O4S/c1-15(2)14-18-9(10(20)13(22)19(14)4-5-23-15)12(21)17-7-8-3-6-24-11(8)16/h3,6,20H,4-5,7H2,1-2H3,(H,17,21). The van der Waals surface area contributed by atoms with Gasteiger partial charge in [-0.05, 0) is 46.8 Å². The third kappa shape index (κ3) is 2.99. The normalized spacial score (nSPS) is 15.8. The molecule has 0 aromatic carbocycles. The topological polar surface area (TPSA) is 93.5 Å². The Morgan fingerprint density at radius 1 is 1.58 bits per heavy atom. The molecule has 0 saturated carbocycles. The van der Waals surface area contributed by atoms with E-state index in [-0.39, 0.29) is 12.2 Å². The van der Waals surface area contributed by atoms with Gasteiger partial charge in [-0.3, -0.25) is 14.2 Å². The molecular formula is C15H16BrN3O4S. The van der Waals surface area contributed by atoms with E-state index in [4.69, 9.17) is 4.74 Å². The van der Waals surface area contributed by atoms with Crippen molar-refractivity contribution in [3.8, 4) is 5.75 Å². The summed E-state index contributed by atoms with van der Waals surface area (Å²) in [7, 11) is 0. The highest BCUT2D eigenvalue weighted by atomic mass is 79.9. The van der Waals surface area contributed by atoms with E-state index < -0.39 is 22.8 Å². The van der Waals surface area contributed by atoms with E-state index >= 15 is 0 Å². The van der Waals surface area contributed by atoms with Crippen LogP contribution in [0.15, 0.2) is 20.0 Å². The fourth-order valence-corrected chi connectivity index (χ4v) is 3.77. The first-order valence-electron chi connectivity index (χ1n) is 7.29. The van der Waals surface area contributed by atoms with Crippen molar-refractivity contribution in [3.05, 3.63) is 42.7 Å². The van der Waals surface area contributed by atoms with Gasteiger partial charge < -0.3 is 15.2 Å². The predicted molar refractivity (Wildman–Crippen MR) is 92.3 cm³/mol. The molecule has 0 aliphatic carbocycles. The van der Waals surface area contributed by atoms with Crippen LogP contribution in [0.2, 0.25) is 0 Å². The smallest absolute Gasteiger partial charge is 0.296 e. The highest BCUT2D eigenvalue weighted by molar-refractivity contribution is 9.11. The molecule has 0 atom stereocenters. The maximum atomic E-state index is 12.4. The van der Waals surface area contributed by atoms with Crippen molar-refractivity contribution in [2.24, 2.45) is 0 Å². The molecule has 1 amide bonds. The van der Waals surface area contributed by atoms with Gasteiger partial charge in [-0.2, -0.15) is 0 Å². The highest BCUT2D eigenvalue weighted by Crippen LogP contribution is 2.27. The molecule has 2 aromatic heterocycles. The van der Waals surface area contributed by atoms with Gasteiger partial charge >= 0.3 is 0 Å². The molecule has 0 spiro atoms. The Labute approximate surface area is 150 Å². The zero-order valence-electron chi connectivity index (χ0n) is 13.1. The molecule has 0 fully saturated rings. The lowest BCUT2D eigenvalue weighted by molar-refractivity contribution is -0.0566. The van der Waals surface area contributed by atoms with Crippen LogP contribution >= 0.6 is 27.3 Å². The number of hydrogen-bond donors (Lipinski definition) is 2. The third-order valence-electron chi connectivity index (χ3n) is 3.81. The van der Waals surface area contributed by atoms with Crippen LogP contribution in [0.25, 0.3) is 0 Å². The lowest BCUT2D eigenvalue weighted by atomic mass is 10.1. The Morgan fingerprint density at radius 2 is 2.33 bits per heavy atom. The van der Waals surface area contributed by atoms with E-state index in [9.17, 15) is 14.7 Å². The largest absolute Gasteiger partial charge is 0.501 e. The number of aromatic nitrogens is 2. The number of carbonyl (C=O) groups excluding carboxylic acids is 1. The average molecular weight is 414 g/mol. The molecule has 3 heterocycles. The minimum Gasteiger partial charge on any atom is -0.501 e. The molecule has 3 rings (SSSR count). The van der Waals surface area contributed by atoms with Crippen LogP contribution in [0.5, 0.6) is 5.75 Å². The van der Waals surface area contributed by atoms with E-state index in [0.717, 1.165) is 9.35 Å². The van der Waals surface area contributed by atoms with Gasteiger partial charge in [0, 0.05) is 6.54 Å². The van der Waals surface area contributed by atoms with Gasteiger partial charge in [0.05, 0.1) is 16.9 Å². The zero-order chi connectivity index (χ0) is 17.5. The Kier molecular flexibility index (Phi) is 4.50. The number of nitrogens with zero attached hydrogens (tertiary/aromatic N) is 2. The van der Waals surface area contributed by atoms with Gasteiger partial charge in [0.15, 0.2) is 5.69 Å². The molecule has 9 heteroatoms. The number of hydrogen-bond acceptors (Lipinski definition) is 6. The van der Waals surface area contributed by atoms with Crippen molar-refractivity contribution in [2.75, 3.05) is 6.61 Å². The van der Waals surface area contributed by atoms with Gasteiger partial charge in [0.25, 0.3) is 11.5 Å². The van der Waals surface area contributed by atoms with Gasteiger partial charge in [-0.15, -0.1) is 11.3 Å². The Bertz CT molecular complexity index is 859. The summed E-state index contributed by atoms with van der Waals surface area (Å²) in [6.45, 7) is 4.44. The Hall–Kier alpha value is -1.71. The molecule has 2 aromatic rings. The lowest BCUT2D eigenvalue weighted by Crippen LogP contribution is -2.42. The number of carbonyl (C=O) groups is 1. The van der Waals surface area contributed by atoms with Crippen LogP contribution in [0.1, 0.15) is 35.7 Å².